The average Bonchev–Trinajstić information content (AvgIpc) is 2.93. The molecule has 0 saturated carbocycles. The van der Waals surface area contributed by atoms with E-state index in [1.165, 1.54) is 11.9 Å². The lowest BCUT2D eigenvalue weighted by atomic mass is 9.98. The zero-order chi connectivity index (χ0) is 28.9. The number of amides is 1. The number of carbonyl (C=O) groups excluding carboxylic acids is 1. The van der Waals surface area contributed by atoms with Gasteiger partial charge < -0.3 is 15.5 Å². The molecule has 40 heavy (non-hydrogen) atoms. The Hall–Kier alpha value is -3.28. The number of aliphatic imine (C=N–C) groups is 1. The number of alkyl halides is 6. The van der Waals surface area contributed by atoms with Gasteiger partial charge in [0.1, 0.15) is 6.04 Å². The lowest BCUT2D eigenvalue weighted by Crippen LogP contribution is -2.52. The maximum atomic E-state index is 13.7. The van der Waals surface area contributed by atoms with E-state index in [0.29, 0.717) is 25.2 Å². The first-order valence-electron chi connectivity index (χ1n) is 13.3. The molecular formula is C28H33F6N5O. The Kier molecular flexibility index (Phi) is 9.27. The van der Waals surface area contributed by atoms with Crippen LogP contribution in [0, 0.1) is 0 Å². The summed E-state index contributed by atoms with van der Waals surface area (Å²) in [5, 5.41) is 6.68. The van der Waals surface area contributed by atoms with Gasteiger partial charge in [0.15, 0.2) is 5.96 Å². The van der Waals surface area contributed by atoms with Crippen molar-refractivity contribution in [3.8, 4) is 0 Å². The zero-order valence-electron chi connectivity index (χ0n) is 22.2. The smallest absolute Gasteiger partial charge is 0.356 e. The van der Waals surface area contributed by atoms with Crippen molar-refractivity contribution < 1.29 is 31.1 Å². The third-order valence-electron chi connectivity index (χ3n) is 7.24. The number of nitrogens with one attached hydrogen (secondary N) is 2. The van der Waals surface area contributed by atoms with Crippen molar-refractivity contribution in [1.82, 2.24) is 20.4 Å². The van der Waals surface area contributed by atoms with E-state index < -0.39 is 29.5 Å². The highest BCUT2D eigenvalue weighted by molar-refractivity contribution is 5.83. The third kappa shape index (κ3) is 7.67. The van der Waals surface area contributed by atoms with Crippen molar-refractivity contribution in [2.45, 2.75) is 50.1 Å². The molecule has 6 nitrogen and oxygen atoms in total. The fourth-order valence-corrected chi connectivity index (χ4v) is 5.05. The second kappa shape index (κ2) is 12.5. The van der Waals surface area contributed by atoms with Crippen LogP contribution < -0.4 is 10.6 Å². The van der Waals surface area contributed by atoms with Crippen LogP contribution >= 0.6 is 0 Å². The van der Waals surface area contributed by atoms with Gasteiger partial charge in [-0.2, -0.15) is 26.3 Å². The summed E-state index contributed by atoms with van der Waals surface area (Å²) < 4.78 is 79.6. The first-order chi connectivity index (χ1) is 18.9. The topological polar surface area (TPSA) is 60.0 Å². The summed E-state index contributed by atoms with van der Waals surface area (Å²) >= 11 is 0. The molecule has 0 spiro atoms. The molecule has 2 aliphatic rings. The second-order valence-electron chi connectivity index (χ2n) is 10.2. The molecule has 1 amide bonds. The number of hydrogen-bond donors (Lipinski definition) is 2. The summed E-state index contributed by atoms with van der Waals surface area (Å²) in [5.41, 5.74) is -2.08. The van der Waals surface area contributed by atoms with Crippen molar-refractivity contribution in [3.63, 3.8) is 0 Å². The van der Waals surface area contributed by atoms with E-state index in [4.69, 9.17) is 0 Å². The molecule has 0 bridgehead atoms. The van der Waals surface area contributed by atoms with E-state index in [9.17, 15) is 31.1 Å². The van der Waals surface area contributed by atoms with Crippen LogP contribution in [-0.2, 0) is 23.6 Å². The normalized spacial score (nSPS) is 18.0. The number of benzene rings is 2. The summed E-state index contributed by atoms with van der Waals surface area (Å²) in [5.74, 6) is 0.530. The average molecular weight is 570 g/mol. The molecule has 1 fully saturated rings. The molecule has 0 aromatic heterocycles. The van der Waals surface area contributed by atoms with Gasteiger partial charge in [-0.25, -0.2) is 0 Å². The highest BCUT2D eigenvalue weighted by Gasteiger charge is 2.37. The van der Waals surface area contributed by atoms with Gasteiger partial charge in [0, 0.05) is 45.8 Å². The Labute approximate surface area is 229 Å². The minimum Gasteiger partial charge on any atom is -0.356 e. The van der Waals surface area contributed by atoms with Crippen molar-refractivity contribution in [1.29, 1.82) is 0 Å². The van der Waals surface area contributed by atoms with Crippen molar-refractivity contribution in [2.24, 2.45) is 4.99 Å². The van der Waals surface area contributed by atoms with Crippen molar-refractivity contribution in [3.05, 3.63) is 70.8 Å². The predicted octanol–water partition coefficient (Wildman–Crippen LogP) is 4.87. The number of piperidine rings is 1. The SMILES string of the molecule is CN(CCc1cc(C(F)(F)F)cc(C(F)(F)F)c1)C(=O)C(c1ccccc1)N1CCC(NC2=NCCCN2)CC1. The van der Waals surface area contributed by atoms with Crippen LogP contribution in [0.15, 0.2) is 53.5 Å². The van der Waals surface area contributed by atoms with E-state index in [1.54, 1.807) is 0 Å². The highest BCUT2D eigenvalue weighted by Crippen LogP contribution is 2.36. The first-order valence-corrected chi connectivity index (χ1v) is 13.3. The molecule has 2 aromatic rings. The Balaban J connectivity index is 1.45. The van der Waals surface area contributed by atoms with Crippen molar-refractivity contribution in [2.75, 3.05) is 39.8 Å². The maximum absolute atomic E-state index is 13.7. The standard InChI is InChI=1S/C28H33F6N5O/c1-38(13-8-19-16-21(27(29,30)31)18-22(17-19)28(32,33)34)25(40)24(20-6-3-2-4-7-20)39-14-9-23(10-15-39)37-26-35-11-5-12-36-26/h2-4,6-7,16-18,23-24H,5,8-15H2,1H3,(H2,35,36,37). The number of likely N-dealkylation sites (N-methyl/N-ethyl adjacent to an activating group) is 1. The molecule has 2 aliphatic heterocycles. The Morgan fingerprint density at radius 2 is 1.68 bits per heavy atom. The molecule has 0 aliphatic carbocycles. The van der Waals surface area contributed by atoms with Crippen LogP contribution in [0.3, 0.4) is 0 Å². The monoisotopic (exact) mass is 569 g/mol. The molecule has 12 heteroatoms. The number of hydrogen-bond acceptors (Lipinski definition) is 5. The number of guanidine groups is 1. The first kappa shape index (κ1) is 29.7. The number of nitrogens with zero attached hydrogens (tertiary/aromatic N) is 3. The van der Waals surface area contributed by atoms with Crippen molar-refractivity contribution >= 4 is 11.9 Å². The Morgan fingerprint density at radius 3 is 2.23 bits per heavy atom. The van der Waals surface area contributed by atoms with E-state index in [-0.39, 0.29) is 36.5 Å². The summed E-state index contributed by atoms with van der Waals surface area (Å²) in [7, 11) is 1.53. The fourth-order valence-electron chi connectivity index (χ4n) is 5.05. The van der Waals surface area contributed by atoms with Gasteiger partial charge in [-0.15, -0.1) is 0 Å². The summed E-state index contributed by atoms with van der Waals surface area (Å²) in [6.45, 7) is 2.88. The van der Waals surface area contributed by atoms with E-state index in [0.717, 1.165) is 43.9 Å². The Bertz CT molecular complexity index is 1140. The molecule has 1 saturated heterocycles. The van der Waals surface area contributed by atoms with Gasteiger partial charge in [-0.1, -0.05) is 30.3 Å². The van der Waals surface area contributed by atoms with Gasteiger partial charge in [0.2, 0.25) is 5.91 Å². The van der Waals surface area contributed by atoms with Gasteiger partial charge in [0.25, 0.3) is 0 Å². The van der Waals surface area contributed by atoms with E-state index >= 15 is 0 Å². The van der Waals surface area contributed by atoms with Gasteiger partial charge >= 0.3 is 12.4 Å². The molecule has 4 rings (SSSR count). The quantitative estimate of drug-likeness (QED) is 0.468. The van der Waals surface area contributed by atoms with Crippen LogP contribution in [0.5, 0.6) is 0 Å². The fraction of sp³-hybridized carbons (Fsp3) is 0.500. The van der Waals surface area contributed by atoms with Crippen LogP contribution in [0.2, 0.25) is 0 Å². The van der Waals surface area contributed by atoms with Crippen LogP contribution in [0.4, 0.5) is 26.3 Å². The summed E-state index contributed by atoms with van der Waals surface area (Å²) in [4.78, 5) is 21.6. The predicted molar refractivity (Wildman–Crippen MR) is 140 cm³/mol. The molecular weight excluding hydrogens is 536 g/mol. The van der Waals surface area contributed by atoms with Crippen LogP contribution in [0.1, 0.15) is 47.6 Å². The molecule has 2 aromatic carbocycles. The maximum Gasteiger partial charge on any atom is 0.416 e. The van der Waals surface area contributed by atoms with Gasteiger partial charge in [-0.3, -0.25) is 14.7 Å². The van der Waals surface area contributed by atoms with Crippen LogP contribution in [-0.4, -0.2) is 67.5 Å². The highest BCUT2D eigenvalue weighted by atomic mass is 19.4. The number of carbonyl (C=O) groups is 1. The van der Waals surface area contributed by atoms with Gasteiger partial charge in [0.05, 0.1) is 11.1 Å². The van der Waals surface area contributed by atoms with E-state index in [2.05, 4.69) is 20.5 Å². The number of rotatable bonds is 7. The number of halogens is 6. The lowest BCUT2D eigenvalue weighted by molar-refractivity contribution is -0.143. The summed E-state index contributed by atoms with van der Waals surface area (Å²) in [6, 6.07) is 10.3. The minimum atomic E-state index is -4.92. The molecule has 2 N–H and O–H groups in total. The molecule has 0 radical (unpaired) electrons. The molecule has 2 heterocycles. The molecule has 218 valence electrons. The summed E-state index contributed by atoms with van der Waals surface area (Å²) in [6.07, 6.45) is -7.43. The largest absolute Gasteiger partial charge is 0.416 e. The molecule has 1 unspecified atom stereocenters. The third-order valence-corrected chi connectivity index (χ3v) is 7.24. The van der Waals surface area contributed by atoms with Crippen LogP contribution in [0.25, 0.3) is 0 Å². The zero-order valence-corrected chi connectivity index (χ0v) is 22.2. The van der Waals surface area contributed by atoms with E-state index in [1.807, 2.05) is 30.3 Å². The second-order valence-corrected chi connectivity index (χ2v) is 10.2. The lowest BCUT2D eigenvalue weighted by Gasteiger charge is -2.39. The Morgan fingerprint density at radius 1 is 1.05 bits per heavy atom. The van der Waals surface area contributed by atoms with Gasteiger partial charge in [-0.05, 0) is 55.0 Å². The molecule has 1 atom stereocenters. The number of likely N-dealkylation sites (tertiary alicyclic amines) is 1. The minimum absolute atomic E-state index is 0.0374.